The molecule has 1 aliphatic heterocycles. The van der Waals surface area contributed by atoms with Crippen molar-refractivity contribution in [1.29, 1.82) is 0 Å². The number of likely N-dealkylation sites (tertiary alicyclic amines) is 1. The summed E-state index contributed by atoms with van der Waals surface area (Å²) in [6.45, 7) is 5.30. The average Bonchev–Trinajstić information content (AvgIpc) is 2.97. The van der Waals surface area contributed by atoms with Gasteiger partial charge in [0.25, 0.3) is 0 Å². The average molecular weight is 311 g/mol. The van der Waals surface area contributed by atoms with Crippen LogP contribution in [0.25, 0.3) is 0 Å². The van der Waals surface area contributed by atoms with Gasteiger partial charge in [0.05, 0.1) is 0 Å². The van der Waals surface area contributed by atoms with Gasteiger partial charge in [-0.3, -0.25) is 0 Å². The van der Waals surface area contributed by atoms with E-state index in [1.165, 1.54) is 12.0 Å². The predicted molar refractivity (Wildman–Crippen MR) is 92.9 cm³/mol. The van der Waals surface area contributed by atoms with Crippen molar-refractivity contribution in [2.45, 2.75) is 26.2 Å². The Morgan fingerprint density at radius 3 is 2.61 bits per heavy atom. The zero-order valence-electron chi connectivity index (χ0n) is 13.7. The van der Waals surface area contributed by atoms with Crippen LogP contribution >= 0.6 is 0 Å². The van der Waals surface area contributed by atoms with Crippen molar-refractivity contribution in [2.24, 2.45) is 5.92 Å². The summed E-state index contributed by atoms with van der Waals surface area (Å²) in [6.07, 6.45) is 3.17. The maximum Gasteiger partial charge on any atom is 0.119 e. The Morgan fingerprint density at radius 2 is 1.87 bits per heavy atom. The molecule has 3 heteroatoms. The lowest BCUT2D eigenvalue weighted by Gasteiger charge is -2.16. The zero-order chi connectivity index (χ0) is 16.2. The summed E-state index contributed by atoms with van der Waals surface area (Å²) >= 11 is 0. The molecule has 3 rings (SSSR count). The van der Waals surface area contributed by atoms with Crippen molar-refractivity contribution in [3.63, 3.8) is 0 Å². The quantitative estimate of drug-likeness (QED) is 0.888. The first-order valence-electron chi connectivity index (χ1n) is 8.39. The van der Waals surface area contributed by atoms with E-state index in [9.17, 15) is 10.2 Å². The summed E-state index contributed by atoms with van der Waals surface area (Å²) in [7, 11) is 0. The molecule has 3 nitrogen and oxygen atoms in total. The van der Waals surface area contributed by atoms with Crippen LogP contribution in [0.15, 0.2) is 42.5 Å². The fourth-order valence-corrected chi connectivity index (χ4v) is 3.39. The highest BCUT2D eigenvalue weighted by Gasteiger charge is 2.23. The molecule has 0 bridgehead atoms. The van der Waals surface area contributed by atoms with Crippen molar-refractivity contribution < 1.29 is 10.2 Å². The number of phenols is 2. The molecule has 0 radical (unpaired) electrons. The molecule has 1 unspecified atom stereocenters. The number of benzene rings is 2. The second kappa shape index (κ2) is 7.05. The number of nitrogens with zero attached hydrogens (tertiary/aromatic N) is 1. The zero-order valence-corrected chi connectivity index (χ0v) is 13.7. The molecule has 2 N–H and O–H groups in total. The molecule has 23 heavy (non-hydrogen) atoms. The van der Waals surface area contributed by atoms with E-state index in [4.69, 9.17) is 0 Å². The minimum Gasteiger partial charge on any atom is -0.508 e. The smallest absolute Gasteiger partial charge is 0.119 e. The van der Waals surface area contributed by atoms with Crippen LogP contribution in [0.2, 0.25) is 0 Å². The van der Waals surface area contributed by atoms with Gasteiger partial charge in [0.1, 0.15) is 11.5 Å². The van der Waals surface area contributed by atoms with Crippen LogP contribution in [0.1, 0.15) is 23.1 Å². The maximum absolute atomic E-state index is 10.1. The monoisotopic (exact) mass is 311 g/mol. The van der Waals surface area contributed by atoms with Gasteiger partial charge in [0.2, 0.25) is 0 Å². The van der Waals surface area contributed by atoms with Crippen LogP contribution in [0.4, 0.5) is 0 Å². The van der Waals surface area contributed by atoms with Crippen LogP contribution in [-0.2, 0) is 12.8 Å². The maximum atomic E-state index is 10.1. The van der Waals surface area contributed by atoms with Gasteiger partial charge in [-0.1, -0.05) is 24.3 Å². The summed E-state index contributed by atoms with van der Waals surface area (Å²) in [5.41, 5.74) is 3.44. The largest absolute Gasteiger partial charge is 0.508 e. The fraction of sp³-hybridized carbons (Fsp3) is 0.400. The van der Waals surface area contributed by atoms with E-state index in [-0.39, 0.29) is 0 Å². The molecule has 2 aromatic carbocycles. The van der Waals surface area contributed by atoms with Crippen molar-refractivity contribution in [3.8, 4) is 11.5 Å². The molecule has 2 aromatic rings. The summed E-state index contributed by atoms with van der Waals surface area (Å²) in [5, 5.41) is 19.4. The number of aryl methyl sites for hydroxylation is 1. The molecule has 0 saturated carbocycles. The minimum absolute atomic E-state index is 0.327. The van der Waals surface area contributed by atoms with Gasteiger partial charge in [0.15, 0.2) is 0 Å². The Morgan fingerprint density at radius 1 is 1.09 bits per heavy atom. The molecule has 1 atom stereocenters. The van der Waals surface area contributed by atoms with E-state index >= 15 is 0 Å². The van der Waals surface area contributed by atoms with Crippen LogP contribution < -0.4 is 0 Å². The van der Waals surface area contributed by atoms with E-state index in [2.05, 4.69) is 17.0 Å². The van der Waals surface area contributed by atoms with E-state index in [1.807, 2.05) is 25.1 Å². The van der Waals surface area contributed by atoms with E-state index < -0.39 is 0 Å². The lowest BCUT2D eigenvalue weighted by Crippen LogP contribution is -2.23. The van der Waals surface area contributed by atoms with Crippen molar-refractivity contribution in [1.82, 2.24) is 4.90 Å². The predicted octanol–water partition coefficient (Wildman–Crippen LogP) is 3.51. The highest BCUT2D eigenvalue weighted by Crippen LogP contribution is 2.26. The van der Waals surface area contributed by atoms with Crippen molar-refractivity contribution >= 4 is 0 Å². The molecule has 1 aliphatic rings. The molecule has 1 saturated heterocycles. The molecule has 1 heterocycles. The van der Waals surface area contributed by atoms with Crippen LogP contribution in [0, 0.1) is 12.8 Å². The standard InChI is InChI=1S/C20H25NO2/c1-15-2-5-18(20(23)12-15)13-17-9-11-21(14-17)10-8-16-3-6-19(22)7-4-16/h2-7,12,17,22-23H,8-11,13-14H2,1H3. The molecule has 0 spiro atoms. The summed E-state index contributed by atoms with van der Waals surface area (Å²) < 4.78 is 0. The fourth-order valence-electron chi connectivity index (χ4n) is 3.39. The first-order valence-corrected chi connectivity index (χ1v) is 8.39. The lowest BCUT2D eigenvalue weighted by atomic mass is 9.97. The number of aromatic hydroxyl groups is 2. The molecular formula is C20H25NO2. The summed E-state index contributed by atoms with van der Waals surface area (Å²) in [6, 6.07) is 13.5. The van der Waals surface area contributed by atoms with Gasteiger partial charge in [-0.15, -0.1) is 0 Å². The van der Waals surface area contributed by atoms with Gasteiger partial charge < -0.3 is 15.1 Å². The number of phenolic OH excluding ortho intramolecular Hbond substituents is 2. The molecular weight excluding hydrogens is 286 g/mol. The second-order valence-corrected chi connectivity index (χ2v) is 6.71. The third-order valence-electron chi connectivity index (χ3n) is 4.77. The lowest BCUT2D eigenvalue weighted by molar-refractivity contribution is 0.327. The van der Waals surface area contributed by atoms with Gasteiger partial charge >= 0.3 is 0 Å². The van der Waals surface area contributed by atoms with Gasteiger partial charge in [0, 0.05) is 13.1 Å². The Bertz CT molecular complexity index is 651. The highest BCUT2D eigenvalue weighted by molar-refractivity contribution is 5.36. The molecule has 0 aromatic heterocycles. The topological polar surface area (TPSA) is 43.7 Å². The Kier molecular flexibility index (Phi) is 4.87. The highest BCUT2D eigenvalue weighted by atomic mass is 16.3. The number of hydrogen-bond donors (Lipinski definition) is 2. The van der Waals surface area contributed by atoms with Crippen LogP contribution in [0.3, 0.4) is 0 Å². The summed E-state index contributed by atoms with van der Waals surface area (Å²) in [5.74, 6) is 1.39. The number of hydrogen-bond acceptors (Lipinski definition) is 3. The van der Waals surface area contributed by atoms with Crippen LogP contribution in [0.5, 0.6) is 11.5 Å². The second-order valence-electron chi connectivity index (χ2n) is 6.71. The van der Waals surface area contributed by atoms with Gasteiger partial charge in [-0.05, 0) is 73.5 Å². The molecule has 122 valence electrons. The molecule has 1 fully saturated rings. The first-order chi connectivity index (χ1) is 11.1. The number of rotatable bonds is 5. The summed E-state index contributed by atoms with van der Waals surface area (Å²) in [4.78, 5) is 2.50. The van der Waals surface area contributed by atoms with Crippen molar-refractivity contribution in [3.05, 3.63) is 59.2 Å². The third kappa shape index (κ3) is 4.26. The van der Waals surface area contributed by atoms with E-state index in [0.717, 1.165) is 43.6 Å². The third-order valence-corrected chi connectivity index (χ3v) is 4.77. The Labute approximate surface area is 138 Å². The Hall–Kier alpha value is -2.00. The van der Waals surface area contributed by atoms with Gasteiger partial charge in [-0.25, -0.2) is 0 Å². The van der Waals surface area contributed by atoms with E-state index in [0.29, 0.717) is 17.4 Å². The van der Waals surface area contributed by atoms with E-state index in [1.54, 1.807) is 12.1 Å². The minimum atomic E-state index is 0.327. The normalized spacial score (nSPS) is 18.4. The van der Waals surface area contributed by atoms with Crippen molar-refractivity contribution in [2.75, 3.05) is 19.6 Å². The Balaban J connectivity index is 1.49. The first kappa shape index (κ1) is 15.9. The molecule has 0 amide bonds. The van der Waals surface area contributed by atoms with Crippen LogP contribution in [-0.4, -0.2) is 34.7 Å². The van der Waals surface area contributed by atoms with Gasteiger partial charge in [-0.2, -0.15) is 0 Å². The SMILES string of the molecule is Cc1ccc(CC2CCN(CCc3ccc(O)cc3)C2)c(O)c1. The molecule has 0 aliphatic carbocycles.